The van der Waals surface area contributed by atoms with E-state index in [0.717, 1.165) is 0 Å². The molecule has 1 heterocycles. The Kier molecular flexibility index (Phi) is 10.8. The molecule has 0 spiro atoms. The molecular weight excluding hydrogens is 523 g/mol. The van der Waals surface area contributed by atoms with Gasteiger partial charge in [-0.15, -0.1) is 13.2 Å². The molecule has 0 fully saturated rings. The van der Waals surface area contributed by atoms with Crippen molar-refractivity contribution >= 4 is 23.5 Å². The van der Waals surface area contributed by atoms with Crippen molar-refractivity contribution in [2.45, 2.75) is 6.36 Å². The summed E-state index contributed by atoms with van der Waals surface area (Å²) in [5, 5.41) is 16.4. The van der Waals surface area contributed by atoms with E-state index in [0.29, 0.717) is 41.5 Å². The van der Waals surface area contributed by atoms with Crippen LogP contribution in [0.3, 0.4) is 0 Å². The molecule has 0 saturated carbocycles. The molecule has 0 aliphatic heterocycles. The maximum atomic E-state index is 12.5. The summed E-state index contributed by atoms with van der Waals surface area (Å²) in [6, 6.07) is 13.7. The molecule has 0 radical (unpaired) electrons. The fourth-order valence-electron chi connectivity index (χ4n) is 3.18. The van der Waals surface area contributed by atoms with Crippen molar-refractivity contribution in [2.24, 2.45) is 0 Å². The number of nitrogens with one attached hydrogen (secondary N) is 3. The van der Waals surface area contributed by atoms with Gasteiger partial charge >= 0.3 is 12.5 Å². The van der Waals surface area contributed by atoms with Crippen LogP contribution in [0.1, 0.15) is 10.4 Å². The summed E-state index contributed by atoms with van der Waals surface area (Å²) < 4.78 is 51.4. The number of benzene rings is 2. The average Bonchev–Trinajstić information content (AvgIpc) is 2.90. The van der Waals surface area contributed by atoms with Crippen LogP contribution < -0.4 is 20.7 Å². The van der Waals surface area contributed by atoms with Gasteiger partial charge in [0.05, 0.1) is 32.1 Å². The highest BCUT2D eigenvalue weighted by Gasteiger charge is 2.30. The first-order valence-electron chi connectivity index (χ1n) is 11.7. The number of alkyl halides is 3. The molecule has 2 amide bonds. The number of anilines is 2. The number of carbonyl (C=O) groups is 2. The summed E-state index contributed by atoms with van der Waals surface area (Å²) in [5.41, 5.74) is 2.09. The molecule has 3 rings (SSSR count). The third-order valence-electron chi connectivity index (χ3n) is 4.87. The molecule has 0 unspecified atom stereocenters. The van der Waals surface area contributed by atoms with Gasteiger partial charge in [-0.05, 0) is 36.4 Å². The van der Waals surface area contributed by atoms with E-state index >= 15 is 0 Å². The first kappa shape index (κ1) is 29.1. The summed E-state index contributed by atoms with van der Waals surface area (Å²) in [6.07, 6.45) is -4.55. The lowest BCUT2D eigenvalue weighted by atomic mass is 10.1. The highest BCUT2D eigenvalue weighted by atomic mass is 19.4. The number of carbonyl (C=O) groups excluding carboxylic acids is 1. The Labute approximate surface area is 221 Å². The van der Waals surface area contributed by atoms with Crippen molar-refractivity contribution in [3.8, 4) is 17.0 Å². The molecule has 0 bridgehead atoms. The number of ether oxygens (including phenoxy) is 3. The van der Waals surface area contributed by atoms with Crippen molar-refractivity contribution in [3.63, 3.8) is 0 Å². The molecule has 0 aliphatic carbocycles. The minimum atomic E-state index is -4.77. The van der Waals surface area contributed by atoms with Gasteiger partial charge in [0.25, 0.3) is 5.91 Å². The topological polar surface area (TPSA) is 144 Å². The smallest absolute Gasteiger partial charge is 0.465 e. The van der Waals surface area contributed by atoms with Gasteiger partial charge < -0.3 is 35.3 Å². The molecule has 14 heteroatoms. The van der Waals surface area contributed by atoms with Gasteiger partial charge in [0, 0.05) is 36.0 Å². The number of carboxylic acid groups (broad SMARTS) is 1. The van der Waals surface area contributed by atoms with Crippen molar-refractivity contribution in [2.75, 3.05) is 44.8 Å². The van der Waals surface area contributed by atoms with E-state index in [1.807, 2.05) is 0 Å². The van der Waals surface area contributed by atoms with Gasteiger partial charge in [-0.2, -0.15) is 0 Å². The minimum Gasteiger partial charge on any atom is -0.465 e. The van der Waals surface area contributed by atoms with E-state index < -0.39 is 12.5 Å². The van der Waals surface area contributed by atoms with Gasteiger partial charge in [0.15, 0.2) is 0 Å². The maximum absolute atomic E-state index is 12.5. The Bertz CT molecular complexity index is 1230. The normalized spacial score (nSPS) is 11.1. The molecule has 3 aromatic rings. The van der Waals surface area contributed by atoms with E-state index in [9.17, 15) is 22.8 Å². The Morgan fingerprint density at radius 3 is 2.23 bits per heavy atom. The van der Waals surface area contributed by atoms with Gasteiger partial charge in [0.1, 0.15) is 17.9 Å². The van der Waals surface area contributed by atoms with Crippen molar-refractivity contribution < 1.29 is 42.1 Å². The van der Waals surface area contributed by atoms with Crippen molar-refractivity contribution in [1.29, 1.82) is 0 Å². The zero-order valence-corrected chi connectivity index (χ0v) is 20.5. The minimum absolute atomic E-state index is 0.190. The van der Waals surface area contributed by atoms with Crippen LogP contribution in [0.25, 0.3) is 11.3 Å². The number of hydrogen-bond donors (Lipinski definition) is 4. The lowest BCUT2D eigenvalue weighted by molar-refractivity contribution is -0.274. The first-order valence-corrected chi connectivity index (χ1v) is 11.7. The summed E-state index contributed by atoms with van der Waals surface area (Å²) in [6.45, 7) is 1.57. The highest BCUT2D eigenvalue weighted by molar-refractivity contribution is 5.95. The van der Waals surface area contributed by atoms with Gasteiger partial charge in [-0.3, -0.25) is 4.79 Å². The van der Waals surface area contributed by atoms with E-state index in [4.69, 9.17) is 14.6 Å². The second-order valence-corrected chi connectivity index (χ2v) is 7.78. The fourth-order valence-corrected chi connectivity index (χ4v) is 3.18. The van der Waals surface area contributed by atoms with Crippen LogP contribution in [0.2, 0.25) is 0 Å². The number of hydrogen-bond acceptors (Lipinski definition) is 8. The van der Waals surface area contributed by atoms with Gasteiger partial charge in [0.2, 0.25) is 0 Å². The fraction of sp³-hybridized carbons (Fsp3) is 0.280. The van der Waals surface area contributed by atoms with Crippen molar-refractivity contribution in [3.05, 3.63) is 66.5 Å². The summed E-state index contributed by atoms with van der Waals surface area (Å²) >= 11 is 0. The van der Waals surface area contributed by atoms with Crippen LogP contribution in [0.5, 0.6) is 5.75 Å². The van der Waals surface area contributed by atoms with Crippen molar-refractivity contribution in [1.82, 2.24) is 20.6 Å². The molecular formula is C25H26F3N5O6. The molecule has 1 aromatic heterocycles. The average molecular weight is 550 g/mol. The summed E-state index contributed by atoms with van der Waals surface area (Å²) in [5.74, 6) is -0.238. The number of halogens is 3. The number of aromatic nitrogens is 2. The molecule has 0 atom stereocenters. The molecule has 11 nitrogen and oxygen atoms in total. The van der Waals surface area contributed by atoms with Crippen LogP contribution >= 0.6 is 0 Å². The van der Waals surface area contributed by atoms with Gasteiger partial charge in [-0.25, -0.2) is 14.8 Å². The largest absolute Gasteiger partial charge is 0.573 e. The number of rotatable bonds is 14. The summed E-state index contributed by atoms with van der Waals surface area (Å²) in [7, 11) is 0. The molecule has 0 aliphatic rings. The Morgan fingerprint density at radius 2 is 1.56 bits per heavy atom. The van der Waals surface area contributed by atoms with E-state index in [2.05, 4.69) is 30.7 Å². The van der Waals surface area contributed by atoms with E-state index in [1.54, 1.807) is 30.3 Å². The summed E-state index contributed by atoms with van der Waals surface area (Å²) in [4.78, 5) is 31.2. The Morgan fingerprint density at radius 1 is 0.872 bits per heavy atom. The Hall–Kier alpha value is -4.43. The van der Waals surface area contributed by atoms with E-state index in [1.165, 1.54) is 30.6 Å². The molecule has 208 valence electrons. The zero-order valence-electron chi connectivity index (χ0n) is 20.5. The predicted molar refractivity (Wildman–Crippen MR) is 134 cm³/mol. The van der Waals surface area contributed by atoms with Crippen LogP contribution in [0, 0.1) is 0 Å². The molecule has 4 N–H and O–H groups in total. The van der Waals surface area contributed by atoms with Gasteiger partial charge in [-0.1, -0.05) is 12.1 Å². The lowest BCUT2D eigenvalue weighted by Gasteiger charge is -2.11. The Balaban J connectivity index is 1.47. The maximum Gasteiger partial charge on any atom is 0.573 e. The van der Waals surface area contributed by atoms with Crippen LogP contribution in [0.15, 0.2) is 60.9 Å². The predicted octanol–water partition coefficient (Wildman–Crippen LogP) is 3.82. The molecule has 0 saturated heterocycles. The second-order valence-electron chi connectivity index (χ2n) is 7.78. The zero-order chi connectivity index (χ0) is 28.1. The van der Waals surface area contributed by atoms with E-state index in [-0.39, 0.29) is 38.0 Å². The third-order valence-corrected chi connectivity index (χ3v) is 4.87. The van der Waals surface area contributed by atoms with Crippen LogP contribution in [-0.2, 0) is 9.47 Å². The monoisotopic (exact) mass is 549 g/mol. The molecule has 2 aromatic carbocycles. The van der Waals surface area contributed by atoms with Crippen LogP contribution in [0.4, 0.5) is 29.5 Å². The first-order chi connectivity index (χ1) is 18.7. The SMILES string of the molecule is O=C(O)NCCOCCOCCNC(=O)c1cccc(-c2cc(Nc3ccc(OC(F)(F)F)cc3)ncn2)c1. The standard InChI is InChI=1S/C25H26F3N5O6/c26-25(27,28)39-20-6-4-19(5-7-20)33-22-15-21(31-16-32-22)17-2-1-3-18(14-17)23(34)29-8-10-37-12-13-38-11-9-30-24(35)36/h1-7,14-16,30H,8-13H2,(H,29,34)(H,35,36)(H,31,32,33). The van der Waals surface area contributed by atoms with Crippen LogP contribution in [-0.4, -0.2) is 73.0 Å². The third kappa shape index (κ3) is 10.8. The highest BCUT2D eigenvalue weighted by Crippen LogP contribution is 2.26. The quantitative estimate of drug-likeness (QED) is 0.221. The number of amides is 2. The second kappa shape index (κ2) is 14.5. The molecule has 39 heavy (non-hydrogen) atoms. The lowest BCUT2D eigenvalue weighted by Crippen LogP contribution is -2.28. The number of nitrogens with zero attached hydrogens (tertiary/aromatic N) is 2.